The van der Waals surface area contributed by atoms with Crippen molar-refractivity contribution in [3.63, 3.8) is 0 Å². The fourth-order valence-corrected chi connectivity index (χ4v) is 1.77. The van der Waals surface area contributed by atoms with Crippen molar-refractivity contribution in [3.8, 4) is 0 Å². The number of aromatic nitrogens is 1. The summed E-state index contributed by atoms with van der Waals surface area (Å²) in [5.41, 5.74) is 0.130. The molecule has 15 heavy (non-hydrogen) atoms. The number of rotatable bonds is 2. The molecular weight excluding hydrogens is 212 g/mol. The first-order valence-corrected chi connectivity index (χ1v) is 5.30. The minimum Gasteiger partial charge on any atom is -0.309 e. The predicted octanol–water partition coefficient (Wildman–Crippen LogP) is 2.72. The van der Waals surface area contributed by atoms with Gasteiger partial charge in [0.15, 0.2) is 5.82 Å². The van der Waals surface area contributed by atoms with E-state index in [9.17, 15) is 4.79 Å². The Hall–Kier alpha value is -1.09. The van der Waals surface area contributed by atoms with Crippen molar-refractivity contribution in [2.75, 3.05) is 5.32 Å². The molecule has 2 rings (SSSR count). The molecule has 80 valence electrons. The molecule has 1 saturated carbocycles. The molecule has 0 radical (unpaired) electrons. The Morgan fingerprint density at radius 2 is 2.33 bits per heavy atom. The number of amides is 1. The molecule has 1 amide bonds. The summed E-state index contributed by atoms with van der Waals surface area (Å²) >= 11 is 5.89. The molecule has 1 aromatic heterocycles. The van der Waals surface area contributed by atoms with Gasteiger partial charge in [-0.1, -0.05) is 25.4 Å². The molecule has 0 saturated heterocycles. The van der Waals surface area contributed by atoms with Crippen LogP contribution < -0.4 is 5.32 Å². The fraction of sp³-hybridized carbons (Fsp3) is 0.455. The van der Waals surface area contributed by atoms with E-state index in [-0.39, 0.29) is 17.2 Å². The summed E-state index contributed by atoms with van der Waals surface area (Å²) in [4.78, 5) is 15.7. The van der Waals surface area contributed by atoms with Crippen molar-refractivity contribution < 1.29 is 4.79 Å². The third kappa shape index (κ3) is 2.12. The van der Waals surface area contributed by atoms with Crippen LogP contribution in [-0.2, 0) is 4.79 Å². The van der Waals surface area contributed by atoms with Crippen LogP contribution in [0.4, 0.5) is 5.82 Å². The molecule has 4 heteroatoms. The first-order valence-electron chi connectivity index (χ1n) is 4.92. The first kappa shape index (κ1) is 10.4. The van der Waals surface area contributed by atoms with Gasteiger partial charge in [0.25, 0.3) is 0 Å². The average molecular weight is 225 g/mol. The third-order valence-corrected chi connectivity index (χ3v) is 3.13. The van der Waals surface area contributed by atoms with Crippen molar-refractivity contribution in [1.29, 1.82) is 0 Å². The van der Waals surface area contributed by atoms with Gasteiger partial charge < -0.3 is 5.32 Å². The lowest BCUT2D eigenvalue weighted by molar-refractivity contribution is -0.118. The number of carbonyl (C=O) groups is 1. The van der Waals surface area contributed by atoms with E-state index < -0.39 is 0 Å². The zero-order chi connectivity index (χ0) is 11.1. The van der Waals surface area contributed by atoms with Gasteiger partial charge in [0, 0.05) is 12.1 Å². The third-order valence-electron chi connectivity index (χ3n) is 2.83. The van der Waals surface area contributed by atoms with E-state index in [2.05, 4.69) is 24.1 Å². The number of nitrogens with zero attached hydrogens (tertiary/aromatic N) is 1. The van der Waals surface area contributed by atoms with E-state index in [1.165, 1.54) is 0 Å². The van der Waals surface area contributed by atoms with Crippen LogP contribution in [0.15, 0.2) is 18.3 Å². The van der Waals surface area contributed by atoms with Gasteiger partial charge in [-0.2, -0.15) is 0 Å². The Bertz CT molecular complexity index is 403. The summed E-state index contributed by atoms with van der Waals surface area (Å²) in [6.45, 7) is 4.16. The number of carbonyl (C=O) groups excluding carboxylic acids is 1. The van der Waals surface area contributed by atoms with Crippen LogP contribution in [0.1, 0.15) is 20.3 Å². The van der Waals surface area contributed by atoms with E-state index in [1.54, 1.807) is 18.3 Å². The van der Waals surface area contributed by atoms with E-state index in [0.29, 0.717) is 10.8 Å². The number of pyridine rings is 1. The van der Waals surface area contributed by atoms with Crippen LogP contribution in [-0.4, -0.2) is 10.9 Å². The molecule has 0 bridgehead atoms. The maximum Gasteiger partial charge on any atom is 0.229 e. The SMILES string of the molecule is CC1(C)CC1C(=O)Nc1ncccc1Cl. The lowest BCUT2D eigenvalue weighted by atomic mass is 10.1. The summed E-state index contributed by atoms with van der Waals surface area (Å²) in [6.07, 6.45) is 2.54. The van der Waals surface area contributed by atoms with Crippen LogP contribution in [0.5, 0.6) is 0 Å². The first-order chi connectivity index (χ1) is 7.00. The molecule has 1 heterocycles. The molecule has 1 N–H and O–H groups in total. The minimum absolute atomic E-state index is 0.0144. The predicted molar refractivity (Wildman–Crippen MR) is 59.8 cm³/mol. The summed E-state index contributed by atoms with van der Waals surface area (Å²) in [5.74, 6) is 0.558. The molecule has 3 nitrogen and oxygen atoms in total. The maximum absolute atomic E-state index is 11.7. The Labute approximate surface area is 93.8 Å². The van der Waals surface area contributed by atoms with Gasteiger partial charge in [0.2, 0.25) is 5.91 Å². The second-order valence-corrected chi connectivity index (χ2v) is 4.98. The van der Waals surface area contributed by atoms with Gasteiger partial charge in [0.05, 0.1) is 5.02 Å². The standard InChI is InChI=1S/C11H13ClN2O/c1-11(2)6-7(11)10(15)14-9-8(12)4-3-5-13-9/h3-5,7H,6H2,1-2H3,(H,13,14,15). The Morgan fingerprint density at radius 3 is 2.87 bits per heavy atom. The van der Waals surface area contributed by atoms with Crippen molar-refractivity contribution >= 4 is 23.3 Å². The van der Waals surface area contributed by atoms with Crippen LogP contribution in [0.2, 0.25) is 5.02 Å². The molecule has 0 aliphatic heterocycles. The van der Waals surface area contributed by atoms with Crippen molar-refractivity contribution in [1.82, 2.24) is 4.98 Å². The summed E-state index contributed by atoms with van der Waals surface area (Å²) in [5, 5.41) is 3.22. The van der Waals surface area contributed by atoms with Gasteiger partial charge in [-0.15, -0.1) is 0 Å². The van der Waals surface area contributed by atoms with E-state index in [0.717, 1.165) is 6.42 Å². The zero-order valence-electron chi connectivity index (χ0n) is 8.75. The number of hydrogen-bond donors (Lipinski definition) is 1. The highest BCUT2D eigenvalue weighted by Gasteiger charge is 2.50. The van der Waals surface area contributed by atoms with Gasteiger partial charge >= 0.3 is 0 Å². The van der Waals surface area contributed by atoms with E-state index in [1.807, 2.05) is 0 Å². The normalized spacial score (nSPS) is 22.2. The van der Waals surface area contributed by atoms with Crippen molar-refractivity contribution in [2.24, 2.45) is 11.3 Å². The van der Waals surface area contributed by atoms with Crippen LogP contribution in [0.25, 0.3) is 0 Å². The lowest BCUT2D eigenvalue weighted by Crippen LogP contribution is -2.17. The largest absolute Gasteiger partial charge is 0.309 e. The number of hydrogen-bond acceptors (Lipinski definition) is 2. The van der Waals surface area contributed by atoms with Gasteiger partial charge in [-0.05, 0) is 24.0 Å². The second kappa shape index (κ2) is 3.49. The Kier molecular flexibility index (Phi) is 2.43. The topological polar surface area (TPSA) is 42.0 Å². The van der Waals surface area contributed by atoms with Crippen LogP contribution >= 0.6 is 11.6 Å². The highest BCUT2D eigenvalue weighted by Crippen LogP contribution is 2.52. The number of halogens is 1. The molecule has 1 aliphatic carbocycles. The molecular formula is C11H13ClN2O. The maximum atomic E-state index is 11.7. The lowest BCUT2D eigenvalue weighted by Gasteiger charge is -2.06. The van der Waals surface area contributed by atoms with Gasteiger partial charge in [-0.25, -0.2) is 4.98 Å². The van der Waals surface area contributed by atoms with Crippen LogP contribution in [0, 0.1) is 11.3 Å². The smallest absolute Gasteiger partial charge is 0.229 e. The molecule has 1 aliphatic rings. The molecule has 0 spiro atoms. The molecule has 1 unspecified atom stereocenters. The Balaban J connectivity index is 2.05. The number of anilines is 1. The fourth-order valence-electron chi connectivity index (χ4n) is 1.60. The average Bonchev–Trinajstić information content (AvgIpc) is 2.79. The molecule has 0 aromatic carbocycles. The van der Waals surface area contributed by atoms with Crippen LogP contribution in [0.3, 0.4) is 0 Å². The molecule has 1 atom stereocenters. The highest BCUT2D eigenvalue weighted by molar-refractivity contribution is 6.33. The van der Waals surface area contributed by atoms with Gasteiger partial charge in [0.1, 0.15) is 0 Å². The quantitative estimate of drug-likeness (QED) is 0.839. The zero-order valence-corrected chi connectivity index (χ0v) is 9.51. The summed E-state index contributed by atoms with van der Waals surface area (Å²) < 4.78 is 0. The van der Waals surface area contributed by atoms with Crippen molar-refractivity contribution in [2.45, 2.75) is 20.3 Å². The monoisotopic (exact) mass is 224 g/mol. The van der Waals surface area contributed by atoms with E-state index in [4.69, 9.17) is 11.6 Å². The Morgan fingerprint density at radius 1 is 1.67 bits per heavy atom. The molecule has 1 fully saturated rings. The highest BCUT2D eigenvalue weighted by atomic mass is 35.5. The van der Waals surface area contributed by atoms with E-state index >= 15 is 0 Å². The molecule has 1 aromatic rings. The van der Waals surface area contributed by atoms with Crippen molar-refractivity contribution in [3.05, 3.63) is 23.4 Å². The number of nitrogens with one attached hydrogen (secondary N) is 1. The van der Waals surface area contributed by atoms with Gasteiger partial charge in [-0.3, -0.25) is 4.79 Å². The second-order valence-electron chi connectivity index (χ2n) is 4.57. The summed E-state index contributed by atoms with van der Waals surface area (Å²) in [6, 6.07) is 3.45. The minimum atomic E-state index is 0.0144. The summed E-state index contributed by atoms with van der Waals surface area (Å²) in [7, 11) is 0.